The summed E-state index contributed by atoms with van der Waals surface area (Å²) in [6.07, 6.45) is 8.19. The number of likely N-dealkylation sites (tertiary alicyclic amines) is 1. The molecule has 0 spiro atoms. The summed E-state index contributed by atoms with van der Waals surface area (Å²) in [5, 5.41) is 3.69. The van der Waals surface area contributed by atoms with Crippen LogP contribution in [-0.2, 0) is 6.54 Å². The van der Waals surface area contributed by atoms with Crippen molar-refractivity contribution in [1.82, 2.24) is 10.2 Å². The predicted molar refractivity (Wildman–Crippen MR) is 80.2 cm³/mol. The van der Waals surface area contributed by atoms with Gasteiger partial charge in [0.15, 0.2) is 0 Å². The maximum Gasteiger partial charge on any atom is 0.0323 e. The van der Waals surface area contributed by atoms with E-state index in [0.717, 1.165) is 6.54 Å². The highest BCUT2D eigenvalue weighted by molar-refractivity contribution is 5.30. The molecule has 1 aromatic carbocycles. The van der Waals surface area contributed by atoms with Gasteiger partial charge in [-0.25, -0.2) is 0 Å². The fraction of sp³-hybridized carbons (Fsp3) is 0.647. The van der Waals surface area contributed by atoms with Crippen molar-refractivity contribution in [2.24, 2.45) is 0 Å². The molecule has 2 heterocycles. The molecule has 2 fully saturated rings. The standard InChI is InChI=1S/C17H26N2/c1-6-12-19(13-7-1)14-15-8-2-3-9-16(15)17-10-4-5-11-18-17/h2-3,8-9,17-18H,1,4-7,10-14H2. The summed E-state index contributed by atoms with van der Waals surface area (Å²) < 4.78 is 0. The Kier molecular flexibility index (Phi) is 4.52. The average molecular weight is 258 g/mol. The lowest BCUT2D eigenvalue weighted by molar-refractivity contribution is 0.219. The van der Waals surface area contributed by atoms with Gasteiger partial charge in [0.05, 0.1) is 0 Å². The lowest BCUT2D eigenvalue weighted by Gasteiger charge is -2.30. The van der Waals surface area contributed by atoms with Crippen LogP contribution in [0.15, 0.2) is 24.3 Å². The van der Waals surface area contributed by atoms with Gasteiger partial charge in [-0.15, -0.1) is 0 Å². The van der Waals surface area contributed by atoms with E-state index in [0.29, 0.717) is 6.04 Å². The SMILES string of the molecule is c1ccc(C2CCCCN2)c(CN2CCCCC2)c1. The van der Waals surface area contributed by atoms with Gasteiger partial charge in [0.1, 0.15) is 0 Å². The third-order valence-corrected chi connectivity index (χ3v) is 4.58. The molecule has 0 aromatic heterocycles. The summed E-state index contributed by atoms with van der Waals surface area (Å²) in [6.45, 7) is 4.90. The van der Waals surface area contributed by atoms with E-state index >= 15 is 0 Å². The van der Waals surface area contributed by atoms with Crippen molar-refractivity contribution in [2.75, 3.05) is 19.6 Å². The maximum absolute atomic E-state index is 3.69. The molecular formula is C17H26N2. The first-order chi connectivity index (χ1) is 9.43. The molecule has 0 bridgehead atoms. The van der Waals surface area contributed by atoms with Crippen LogP contribution in [0.4, 0.5) is 0 Å². The molecule has 2 saturated heterocycles. The van der Waals surface area contributed by atoms with E-state index in [9.17, 15) is 0 Å². The van der Waals surface area contributed by atoms with Crippen molar-refractivity contribution in [1.29, 1.82) is 0 Å². The minimum absolute atomic E-state index is 0.592. The summed E-state index contributed by atoms with van der Waals surface area (Å²) in [7, 11) is 0. The van der Waals surface area contributed by atoms with Crippen molar-refractivity contribution in [3.8, 4) is 0 Å². The zero-order chi connectivity index (χ0) is 12.9. The van der Waals surface area contributed by atoms with Crippen LogP contribution in [0.3, 0.4) is 0 Å². The molecule has 0 aliphatic carbocycles. The molecule has 1 aromatic rings. The fourth-order valence-corrected chi connectivity index (χ4v) is 3.49. The molecule has 3 rings (SSSR count). The summed E-state index contributed by atoms with van der Waals surface area (Å²) in [4.78, 5) is 2.63. The number of rotatable bonds is 3. The van der Waals surface area contributed by atoms with E-state index in [1.807, 2.05) is 0 Å². The molecule has 1 atom stereocenters. The summed E-state index contributed by atoms with van der Waals surface area (Å²) >= 11 is 0. The Labute approximate surface area is 117 Å². The Bertz CT molecular complexity index is 390. The predicted octanol–water partition coefficient (Wildman–Crippen LogP) is 3.49. The van der Waals surface area contributed by atoms with Crippen molar-refractivity contribution >= 4 is 0 Å². The van der Waals surface area contributed by atoms with Crippen molar-refractivity contribution in [3.63, 3.8) is 0 Å². The number of nitrogens with one attached hydrogen (secondary N) is 1. The van der Waals surface area contributed by atoms with Gasteiger partial charge in [-0.05, 0) is 56.4 Å². The number of hydrogen-bond donors (Lipinski definition) is 1. The molecule has 0 radical (unpaired) electrons. The molecule has 2 heteroatoms. The van der Waals surface area contributed by atoms with Gasteiger partial charge < -0.3 is 5.32 Å². The van der Waals surface area contributed by atoms with Crippen LogP contribution >= 0.6 is 0 Å². The van der Waals surface area contributed by atoms with Crippen LogP contribution in [0, 0.1) is 0 Å². The summed E-state index contributed by atoms with van der Waals surface area (Å²) in [5.41, 5.74) is 3.09. The third kappa shape index (κ3) is 3.37. The van der Waals surface area contributed by atoms with Gasteiger partial charge in [0, 0.05) is 12.6 Å². The van der Waals surface area contributed by atoms with E-state index in [1.54, 1.807) is 11.1 Å². The quantitative estimate of drug-likeness (QED) is 0.893. The van der Waals surface area contributed by atoms with Crippen LogP contribution in [0.5, 0.6) is 0 Å². The average Bonchev–Trinajstić information content (AvgIpc) is 2.50. The molecule has 1 unspecified atom stereocenters. The highest BCUT2D eigenvalue weighted by Crippen LogP contribution is 2.27. The van der Waals surface area contributed by atoms with Gasteiger partial charge in [0.25, 0.3) is 0 Å². The smallest absolute Gasteiger partial charge is 0.0323 e. The Balaban J connectivity index is 1.72. The minimum atomic E-state index is 0.592. The van der Waals surface area contributed by atoms with Crippen molar-refractivity contribution in [3.05, 3.63) is 35.4 Å². The second-order valence-corrected chi connectivity index (χ2v) is 6.04. The zero-order valence-corrected chi connectivity index (χ0v) is 11.9. The van der Waals surface area contributed by atoms with E-state index in [4.69, 9.17) is 0 Å². The normalized spacial score (nSPS) is 25.4. The van der Waals surface area contributed by atoms with Crippen LogP contribution in [0.1, 0.15) is 55.7 Å². The van der Waals surface area contributed by atoms with Gasteiger partial charge in [-0.1, -0.05) is 37.1 Å². The second-order valence-electron chi connectivity index (χ2n) is 6.04. The number of nitrogens with zero attached hydrogens (tertiary/aromatic N) is 1. The Morgan fingerprint density at radius 2 is 1.84 bits per heavy atom. The summed E-state index contributed by atoms with van der Waals surface area (Å²) in [5.74, 6) is 0. The summed E-state index contributed by atoms with van der Waals surface area (Å²) in [6, 6.07) is 9.66. The zero-order valence-electron chi connectivity index (χ0n) is 11.9. The monoisotopic (exact) mass is 258 g/mol. The highest BCUT2D eigenvalue weighted by atomic mass is 15.1. The Morgan fingerprint density at radius 1 is 1.00 bits per heavy atom. The Hall–Kier alpha value is -0.860. The molecule has 2 aliphatic rings. The number of benzene rings is 1. The molecule has 2 nitrogen and oxygen atoms in total. The second kappa shape index (κ2) is 6.53. The lowest BCUT2D eigenvalue weighted by atomic mass is 9.93. The number of hydrogen-bond acceptors (Lipinski definition) is 2. The van der Waals surface area contributed by atoms with E-state index in [2.05, 4.69) is 34.5 Å². The molecule has 19 heavy (non-hydrogen) atoms. The third-order valence-electron chi connectivity index (χ3n) is 4.58. The van der Waals surface area contributed by atoms with Gasteiger partial charge in [-0.2, -0.15) is 0 Å². The molecule has 0 saturated carbocycles. The fourth-order valence-electron chi connectivity index (χ4n) is 3.49. The first-order valence-corrected chi connectivity index (χ1v) is 7.97. The van der Waals surface area contributed by atoms with E-state index in [1.165, 1.54) is 58.2 Å². The highest BCUT2D eigenvalue weighted by Gasteiger charge is 2.19. The largest absolute Gasteiger partial charge is 0.310 e. The van der Waals surface area contributed by atoms with Gasteiger partial charge in [0.2, 0.25) is 0 Å². The van der Waals surface area contributed by atoms with E-state index in [-0.39, 0.29) is 0 Å². The van der Waals surface area contributed by atoms with Crippen molar-refractivity contribution in [2.45, 2.75) is 51.1 Å². The molecule has 104 valence electrons. The van der Waals surface area contributed by atoms with Crippen molar-refractivity contribution < 1.29 is 0 Å². The molecular weight excluding hydrogens is 232 g/mol. The maximum atomic E-state index is 3.69. The number of piperidine rings is 2. The van der Waals surface area contributed by atoms with E-state index < -0.39 is 0 Å². The molecule has 1 N–H and O–H groups in total. The van der Waals surface area contributed by atoms with Crippen LogP contribution in [-0.4, -0.2) is 24.5 Å². The van der Waals surface area contributed by atoms with Crippen LogP contribution in [0.2, 0.25) is 0 Å². The molecule has 0 amide bonds. The lowest BCUT2D eigenvalue weighted by Crippen LogP contribution is -2.31. The van der Waals surface area contributed by atoms with Gasteiger partial charge >= 0.3 is 0 Å². The first-order valence-electron chi connectivity index (χ1n) is 7.97. The molecule has 2 aliphatic heterocycles. The van der Waals surface area contributed by atoms with Gasteiger partial charge in [-0.3, -0.25) is 4.90 Å². The first kappa shape index (κ1) is 13.1. The van der Waals surface area contributed by atoms with Crippen LogP contribution < -0.4 is 5.32 Å². The van der Waals surface area contributed by atoms with Crippen LogP contribution in [0.25, 0.3) is 0 Å². The topological polar surface area (TPSA) is 15.3 Å². The Morgan fingerprint density at radius 3 is 2.63 bits per heavy atom. The minimum Gasteiger partial charge on any atom is -0.310 e.